The summed E-state index contributed by atoms with van der Waals surface area (Å²) in [5.74, 6) is 12.0. The molecule has 150 heavy (non-hydrogen) atoms. The van der Waals surface area contributed by atoms with E-state index in [0.29, 0.717) is 49.2 Å². The highest BCUT2D eigenvalue weighted by atomic mass is 31.2. The average molecular weight is 2150 g/mol. The Hall–Kier alpha value is -11.3. The number of aromatic amines is 2. The van der Waals surface area contributed by atoms with Crippen LogP contribution >= 0.6 is 23.5 Å². The Bertz CT molecular complexity index is 6620. The van der Waals surface area contributed by atoms with E-state index in [9.17, 15) is 53.4 Å². The van der Waals surface area contributed by atoms with E-state index in [1.807, 2.05) is 6.92 Å². The summed E-state index contributed by atoms with van der Waals surface area (Å²) in [6.45, 7) is -5.78. The van der Waals surface area contributed by atoms with Crippen LogP contribution in [-0.2, 0) is 114 Å². The van der Waals surface area contributed by atoms with Crippen LogP contribution in [0.25, 0.3) is 22.1 Å². The second-order valence-electron chi connectivity index (χ2n) is 37.8. The minimum absolute atomic E-state index is 0.0141. The first-order valence-electron chi connectivity index (χ1n) is 50.2. The quantitative estimate of drug-likeness (QED) is 0.0525. The number of phosphoric acid groups is 3. The number of carboxylic acids is 1. The molecule has 15 rings (SSSR count). The normalized spacial score (nSPS) is 29.1. The molecule has 4 amide bonds. The predicted octanol–water partition coefficient (Wildman–Crippen LogP) is 6.37. The van der Waals surface area contributed by atoms with Gasteiger partial charge in [0.25, 0.3) is 11.1 Å². The van der Waals surface area contributed by atoms with Crippen LogP contribution in [0.15, 0.2) is 80.6 Å². The molecule has 50 nitrogen and oxygen atoms in total. The maximum absolute atomic E-state index is 16.9. The maximum atomic E-state index is 16.9. The van der Waals surface area contributed by atoms with Crippen LogP contribution in [0.2, 0.25) is 0 Å². The maximum Gasteiger partial charge on any atom is 0.472 e. The molecular formula is C97H126N18O32P3. The second kappa shape index (κ2) is 52.8. The summed E-state index contributed by atoms with van der Waals surface area (Å²) in [7, 11) is -13.3. The number of hydrogen-bond donors (Lipinski definition) is 10. The number of carbonyl (C=O) groups excluding carboxylic acids is 4. The predicted molar refractivity (Wildman–Crippen MR) is 531 cm³/mol. The lowest BCUT2D eigenvalue weighted by Gasteiger charge is -2.33. The second-order valence-corrected chi connectivity index (χ2v) is 42.1. The van der Waals surface area contributed by atoms with E-state index < -0.39 is 264 Å². The Labute approximate surface area is 861 Å². The lowest BCUT2D eigenvalue weighted by Crippen LogP contribution is -2.45. The number of aliphatic hydroxyl groups is 1. The fraction of sp³-hybridized carbons (Fsp3) is 0.588. The molecule has 8 aliphatic rings. The van der Waals surface area contributed by atoms with Crippen LogP contribution in [0.5, 0.6) is 0 Å². The first kappa shape index (κ1) is 113. The van der Waals surface area contributed by atoms with Crippen molar-refractivity contribution in [3.05, 3.63) is 137 Å². The molecule has 4 fully saturated rings. The molecule has 1 aromatic carbocycles. The van der Waals surface area contributed by atoms with Crippen molar-refractivity contribution in [3.8, 4) is 47.4 Å². The first-order valence-corrected chi connectivity index (χ1v) is 54.7. The number of H-pyrrole nitrogens is 2. The van der Waals surface area contributed by atoms with Crippen LogP contribution in [0.4, 0.5) is 17.6 Å². The zero-order chi connectivity index (χ0) is 106. The van der Waals surface area contributed by atoms with E-state index in [1.54, 1.807) is 49.3 Å². The van der Waals surface area contributed by atoms with E-state index in [4.69, 9.17) is 87.4 Å². The van der Waals surface area contributed by atoms with Gasteiger partial charge in [-0.3, -0.25) is 99.2 Å². The number of aliphatic carboxylic acids is 1. The zero-order valence-electron chi connectivity index (χ0n) is 83.2. The molecule has 14 heterocycles. The molecule has 8 aliphatic heterocycles. The molecule has 0 saturated carbocycles. The number of rotatable bonds is 10. The van der Waals surface area contributed by atoms with Crippen molar-refractivity contribution in [2.75, 3.05) is 117 Å². The summed E-state index contributed by atoms with van der Waals surface area (Å²) < 4.78 is 116. The number of nitrogens with zero attached hydrogens (tertiary/aromatic N) is 13. The molecule has 18 atom stereocenters. The summed E-state index contributed by atoms with van der Waals surface area (Å²) in [6.07, 6.45) is -1.44. The van der Waals surface area contributed by atoms with Crippen molar-refractivity contribution >= 4 is 92.7 Å². The van der Waals surface area contributed by atoms with Gasteiger partial charge in [0, 0.05) is 87.9 Å². The Kier molecular flexibility index (Phi) is 39.7. The van der Waals surface area contributed by atoms with Crippen molar-refractivity contribution in [1.82, 2.24) is 73.3 Å². The number of anilines is 3. The van der Waals surface area contributed by atoms with Gasteiger partial charge < -0.3 is 79.8 Å². The van der Waals surface area contributed by atoms with Crippen molar-refractivity contribution in [2.45, 2.75) is 248 Å². The highest BCUT2D eigenvalue weighted by molar-refractivity contribution is 7.48. The molecule has 0 spiro atoms. The SMILES string of the molecule is CCCCN1OCC#Cc2cn(c(=O)[nH]c2=O)[C@@H]2CC(O)[C@H](COP(=O)(O)OC3C[C@@H]4O[C@H]3COP(=O)(O)OC3C[C@@H]5O[C@H]3COP(=O)(O)OC3C[C@@H]6O[C@H]3COCCCCCCCCCCCCCCCCCC(CC(CC(C[CH]C1=O)C(=O)N(Cc1ccccc1)OCC#Cc1cn4c(=O)nc1N)C(=O)N(CCN(C)C)OCC#Cc1cn5c3ncnc(N)c13)C(=O)N(CC(=O)O)OCC#Cc1cn6c3nc(N)[nH]c(=O)c13)O2. The van der Waals surface area contributed by atoms with Crippen molar-refractivity contribution < 1.29 is 133 Å². The van der Waals surface area contributed by atoms with Gasteiger partial charge in [-0.05, 0) is 58.2 Å². The van der Waals surface area contributed by atoms with Crippen LogP contribution < -0.4 is 39.7 Å². The number of unbranched alkanes of at least 4 members (excludes halogenated alkanes) is 1. The number of ether oxygens (including phenoxy) is 5. The van der Waals surface area contributed by atoms with E-state index in [2.05, 4.69) is 77.3 Å². The molecule has 1 radical (unpaired) electrons. The number of phosphoric ester groups is 3. The zero-order valence-corrected chi connectivity index (χ0v) is 85.9. The van der Waals surface area contributed by atoms with E-state index in [0.717, 1.165) is 120 Å². The number of amides is 4. The molecule has 13 N–H and O–H groups in total. The number of hydrogen-bond acceptors (Lipinski definition) is 36. The van der Waals surface area contributed by atoms with Gasteiger partial charge in [0.15, 0.2) is 5.65 Å². The number of nitrogens with one attached hydrogen (secondary N) is 2. The first-order chi connectivity index (χ1) is 72.1. The minimum Gasteiger partial charge on any atom is -0.480 e. The topological polar surface area (TPSA) is 642 Å². The Morgan fingerprint density at radius 3 is 1.57 bits per heavy atom. The van der Waals surface area contributed by atoms with Crippen molar-refractivity contribution in [3.63, 3.8) is 0 Å². The summed E-state index contributed by atoms with van der Waals surface area (Å²) in [6, 6.07) is 8.46. The molecule has 53 heteroatoms. The van der Waals surface area contributed by atoms with E-state index in [1.165, 1.54) is 21.5 Å². The Balaban J connectivity index is 0.922. The summed E-state index contributed by atoms with van der Waals surface area (Å²) >= 11 is 0. The third-order valence-corrected chi connectivity index (χ3v) is 29.7. The van der Waals surface area contributed by atoms with Gasteiger partial charge >= 0.3 is 40.8 Å². The van der Waals surface area contributed by atoms with Crippen LogP contribution in [0.1, 0.15) is 220 Å². The minimum atomic E-state index is -5.70. The van der Waals surface area contributed by atoms with Gasteiger partial charge in [-0.15, -0.1) is 0 Å². The van der Waals surface area contributed by atoms with Crippen LogP contribution in [-0.4, -0.2) is 276 Å². The molecule has 10 unspecified atom stereocenters. The largest absolute Gasteiger partial charge is 0.480 e. The molecule has 811 valence electrons. The lowest BCUT2D eigenvalue weighted by molar-refractivity contribution is -0.196. The summed E-state index contributed by atoms with van der Waals surface area (Å²) in [5.41, 5.74) is 15.4. The number of benzene rings is 1. The van der Waals surface area contributed by atoms with E-state index in [-0.39, 0.29) is 108 Å². The third kappa shape index (κ3) is 30.4. The van der Waals surface area contributed by atoms with Crippen LogP contribution in [0.3, 0.4) is 0 Å². The number of nitrogen functional groups attached to an aromatic ring is 3. The summed E-state index contributed by atoms with van der Waals surface area (Å²) in [4.78, 5) is 220. The highest BCUT2D eigenvalue weighted by Gasteiger charge is 2.50. The number of fused-ring (bicyclic) bond motifs is 31. The standard InChI is InChI=1S/C97H126N18O32P3/c1-4-5-37-112-78(117)36-35-64-46-69-45-63-30-22-17-15-13-11-9-7-6-8-10-12-14-16-18-23-40-133-57-75-71(48-81(142-75)109-53-66(85-89(109)104-95(100)105-91(85)121)32-25-43-137-115(92(63)122)56-83(118)119)145-149(129,130)139-59-76-72(49-80(143-76)108-52-65(84-87(99)101-61-102-88(84)108)31-24-42-135-113(94(69)124)39-38-107(2)3)146-150(131,132)140-60-77-73(147-148(127,128)138-58-74-70(116)47-79(141-74)111-55-68(34-27-41-134-112)90(120)106-97(111)126)50-82(144-77)110-54-67(86(98)103-96(110)125)33-26-44-136-114(93(64)123)51-62-28-20-19-21-29-62/h19-21,28-29,36,52-55,61,63-64,69-77,79-82,116H,4-18,22-23,30,35,37-51,56-60H2,1-3H3,(H,118,119)(H,127,128)(H,129,130)(H,131,132)(H2,98,103,125)(H2,99,101,102)(H,106,120,126)(H3,100,104,105,121)/t63?,64?,69?,70?,71?,72?,73?,74-,75-,76-,77-,79-,80-,81-,82-/m0/s1. The molecule has 22 bridgehead atoms. The number of carbonyl (C=O) groups is 5. The Morgan fingerprint density at radius 2 is 0.980 bits per heavy atom. The third-order valence-electron chi connectivity index (χ3n) is 26.6. The molecule has 7 aromatic rings. The smallest absolute Gasteiger partial charge is 0.472 e. The number of aromatic nitrogens is 10. The molecule has 0 aliphatic carbocycles. The number of hydroxylamine groups is 8. The van der Waals surface area contributed by atoms with Gasteiger partial charge in [0.1, 0.15) is 130 Å². The molecular weight excluding hydrogens is 2020 g/mol. The fourth-order valence-electron chi connectivity index (χ4n) is 19.0. The Morgan fingerprint density at radius 1 is 0.493 bits per heavy atom. The monoisotopic (exact) mass is 2150 g/mol. The van der Waals surface area contributed by atoms with E-state index >= 15 is 28.3 Å². The van der Waals surface area contributed by atoms with Gasteiger partial charge in [-0.1, -0.05) is 181 Å². The molecule has 6 aromatic heterocycles. The van der Waals surface area contributed by atoms with Gasteiger partial charge in [0.05, 0.1) is 79.5 Å². The van der Waals surface area contributed by atoms with Crippen LogP contribution in [0, 0.1) is 71.5 Å². The number of nitrogens with two attached hydrogens (primary N) is 3. The van der Waals surface area contributed by atoms with Crippen molar-refractivity contribution in [1.29, 1.82) is 0 Å². The number of carboxylic acid groups (broad SMARTS) is 1. The fourth-order valence-corrected chi connectivity index (χ4v) is 21.9. The summed E-state index contributed by atoms with van der Waals surface area (Å²) in [5, 5.41) is 25.9. The van der Waals surface area contributed by atoms with Gasteiger partial charge in [-0.2, -0.15) is 9.97 Å². The molecule has 4 saturated heterocycles. The van der Waals surface area contributed by atoms with Gasteiger partial charge in [0.2, 0.25) is 29.6 Å². The number of aliphatic hydroxyl groups excluding tert-OH is 1. The number of likely N-dealkylation sites (N-methyl/N-ethyl adjacent to an activating group) is 1. The highest BCUT2D eigenvalue weighted by Crippen LogP contribution is 2.55. The van der Waals surface area contributed by atoms with Crippen molar-refractivity contribution in [2.24, 2.45) is 17.8 Å². The lowest BCUT2D eigenvalue weighted by atomic mass is 9.81. The van der Waals surface area contributed by atoms with Gasteiger partial charge in [-0.25, -0.2) is 53.5 Å². The average Bonchev–Trinajstić information content (AvgIpc) is 1.61.